The van der Waals surface area contributed by atoms with Crippen LogP contribution < -0.4 is 11.1 Å². The van der Waals surface area contributed by atoms with E-state index in [1.807, 2.05) is 6.92 Å². The molecular weight excluding hydrogens is 235 g/mol. The molecule has 1 aromatic carbocycles. The monoisotopic (exact) mass is 248 g/mol. The van der Waals surface area contributed by atoms with Crippen LogP contribution in [0.1, 0.15) is 17.3 Å². The number of nitrogens with one attached hydrogen (secondary N) is 1. The lowest BCUT2D eigenvalue weighted by atomic mass is 10.2. The Hall–Kier alpha value is -0.770. The van der Waals surface area contributed by atoms with Gasteiger partial charge in [-0.25, -0.2) is 0 Å². The predicted molar refractivity (Wildman–Crippen MR) is 64.7 cm³/mol. The van der Waals surface area contributed by atoms with Crippen molar-refractivity contribution in [3.05, 3.63) is 34.9 Å². The van der Waals surface area contributed by atoms with Gasteiger partial charge in [-0.2, -0.15) is 0 Å². The molecule has 1 amide bonds. The van der Waals surface area contributed by atoms with Crippen LogP contribution in [0.4, 0.5) is 0 Å². The molecule has 1 aromatic rings. The topological polar surface area (TPSA) is 55.1 Å². The minimum atomic E-state index is -0.125. The average molecular weight is 249 g/mol. The number of amides is 1. The molecule has 0 aliphatic heterocycles. The number of carbonyl (C=O) groups is 1. The Morgan fingerprint density at radius 3 is 2.47 bits per heavy atom. The lowest BCUT2D eigenvalue weighted by molar-refractivity contribution is 0.0941. The van der Waals surface area contributed by atoms with Crippen molar-refractivity contribution in [3.63, 3.8) is 0 Å². The quantitative estimate of drug-likeness (QED) is 0.858. The molecule has 0 aliphatic rings. The first-order valence-electron chi connectivity index (χ1n) is 4.40. The first kappa shape index (κ1) is 14.2. The molecular formula is C10H14Cl2N2O. The zero-order valence-electron chi connectivity index (χ0n) is 8.37. The van der Waals surface area contributed by atoms with Crippen LogP contribution in [0, 0.1) is 0 Å². The van der Waals surface area contributed by atoms with Gasteiger partial charge in [0, 0.05) is 23.2 Å². The number of hydrogen-bond donors (Lipinski definition) is 2. The molecule has 1 atom stereocenters. The third kappa shape index (κ3) is 4.51. The molecule has 0 unspecified atom stereocenters. The summed E-state index contributed by atoms with van der Waals surface area (Å²) in [7, 11) is 0. The molecule has 0 spiro atoms. The van der Waals surface area contributed by atoms with Crippen molar-refractivity contribution in [1.82, 2.24) is 5.32 Å². The van der Waals surface area contributed by atoms with E-state index in [-0.39, 0.29) is 24.4 Å². The minimum Gasteiger partial charge on any atom is -0.348 e. The number of rotatable bonds is 3. The summed E-state index contributed by atoms with van der Waals surface area (Å²) < 4.78 is 0. The van der Waals surface area contributed by atoms with E-state index in [4.69, 9.17) is 17.3 Å². The van der Waals surface area contributed by atoms with E-state index < -0.39 is 0 Å². The zero-order valence-corrected chi connectivity index (χ0v) is 9.94. The molecule has 0 aromatic heterocycles. The molecule has 0 fully saturated rings. The maximum atomic E-state index is 11.5. The molecule has 0 heterocycles. The molecule has 0 saturated heterocycles. The maximum Gasteiger partial charge on any atom is 0.251 e. The standard InChI is InChI=1S/C10H13ClN2O.ClH/c1-7(6-12)13-10(14)8-2-4-9(11)5-3-8;/h2-5,7H,6,12H2,1H3,(H,13,14);1H/t7-;/m1./s1. The molecule has 3 N–H and O–H groups in total. The van der Waals surface area contributed by atoms with Crippen molar-refractivity contribution in [2.75, 3.05) is 6.54 Å². The van der Waals surface area contributed by atoms with Gasteiger partial charge in [0.1, 0.15) is 0 Å². The van der Waals surface area contributed by atoms with Crippen LogP contribution >= 0.6 is 24.0 Å². The number of hydrogen-bond acceptors (Lipinski definition) is 2. The van der Waals surface area contributed by atoms with Crippen LogP contribution in [-0.4, -0.2) is 18.5 Å². The SMILES string of the molecule is C[C@H](CN)NC(=O)c1ccc(Cl)cc1.Cl. The highest BCUT2D eigenvalue weighted by Crippen LogP contribution is 2.09. The van der Waals surface area contributed by atoms with Crippen molar-refractivity contribution in [1.29, 1.82) is 0 Å². The molecule has 1 rings (SSSR count). The van der Waals surface area contributed by atoms with Crippen LogP contribution in [0.5, 0.6) is 0 Å². The average Bonchev–Trinajstić information content (AvgIpc) is 2.18. The van der Waals surface area contributed by atoms with Gasteiger partial charge in [0.05, 0.1) is 0 Å². The van der Waals surface area contributed by atoms with Crippen molar-refractivity contribution in [2.45, 2.75) is 13.0 Å². The van der Waals surface area contributed by atoms with E-state index in [2.05, 4.69) is 5.32 Å². The molecule has 15 heavy (non-hydrogen) atoms. The normalized spacial score (nSPS) is 11.4. The van der Waals surface area contributed by atoms with Crippen LogP contribution in [0.15, 0.2) is 24.3 Å². The summed E-state index contributed by atoms with van der Waals surface area (Å²) in [6.45, 7) is 2.28. The van der Waals surface area contributed by atoms with E-state index in [1.165, 1.54) is 0 Å². The second kappa shape index (κ2) is 6.67. The summed E-state index contributed by atoms with van der Waals surface area (Å²) >= 11 is 5.70. The summed E-state index contributed by atoms with van der Waals surface area (Å²) in [4.78, 5) is 11.5. The first-order chi connectivity index (χ1) is 6.63. The second-order valence-corrected chi connectivity index (χ2v) is 3.55. The molecule has 84 valence electrons. The fraction of sp³-hybridized carbons (Fsp3) is 0.300. The van der Waals surface area contributed by atoms with Crippen molar-refractivity contribution < 1.29 is 4.79 Å². The van der Waals surface area contributed by atoms with Crippen LogP contribution in [0.25, 0.3) is 0 Å². The van der Waals surface area contributed by atoms with Gasteiger partial charge < -0.3 is 11.1 Å². The van der Waals surface area contributed by atoms with Gasteiger partial charge in [0.2, 0.25) is 0 Å². The number of nitrogens with two attached hydrogens (primary N) is 1. The van der Waals surface area contributed by atoms with E-state index >= 15 is 0 Å². The van der Waals surface area contributed by atoms with Gasteiger partial charge in [-0.05, 0) is 31.2 Å². The highest BCUT2D eigenvalue weighted by molar-refractivity contribution is 6.30. The molecule has 3 nitrogen and oxygen atoms in total. The molecule has 0 bridgehead atoms. The molecule has 0 aliphatic carbocycles. The van der Waals surface area contributed by atoms with Gasteiger partial charge >= 0.3 is 0 Å². The smallest absolute Gasteiger partial charge is 0.251 e. The van der Waals surface area contributed by atoms with Gasteiger partial charge in [0.25, 0.3) is 5.91 Å². The van der Waals surface area contributed by atoms with Crippen LogP contribution in [0.2, 0.25) is 5.02 Å². The second-order valence-electron chi connectivity index (χ2n) is 3.12. The summed E-state index contributed by atoms with van der Waals surface area (Å²) in [5.41, 5.74) is 5.98. The minimum absolute atomic E-state index is 0. The number of halogens is 2. The van der Waals surface area contributed by atoms with Crippen molar-refractivity contribution in [3.8, 4) is 0 Å². The Morgan fingerprint density at radius 2 is 2.00 bits per heavy atom. The van der Waals surface area contributed by atoms with Crippen LogP contribution in [0.3, 0.4) is 0 Å². The number of carbonyl (C=O) groups excluding carboxylic acids is 1. The van der Waals surface area contributed by atoms with Gasteiger partial charge in [-0.3, -0.25) is 4.79 Å². The van der Waals surface area contributed by atoms with Crippen molar-refractivity contribution >= 4 is 29.9 Å². The number of benzene rings is 1. The van der Waals surface area contributed by atoms with Gasteiger partial charge in [0.15, 0.2) is 0 Å². The van der Waals surface area contributed by atoms with E-state index in [1.54, 1.807) is 24.3 Å². The zero-order chi connectivity index (χ0) is 10.6. The van der Waals surface area contributed by atoms with Gasteiger partial charge in [-0.1, -0.05) is 11.6 Å². The highest BCUT2D eigenvalue weighted by Gasteiger charge is 2.07. The Labute approximate surface area is 100 Å². The fourth-order valence-corrected chi connectivity index (χ4v) is 1.09. The van der Waals surface area contributed by atoms with Crippen LogP contribution in [-0.2, 0) is 0 Å². The van der Waals surface area contributed by atoms with E-state index in [0.717, 1.165) is 0 Å². The lowest BCUT2D eigenvalue weighted by Crippen LogP contribution is -2.37. The van der Waals surface area contributed by atoms with Gasteiger partial charge in [-0.15, -0.1) is 12.4 Å². The lowest BCUT2D eigenvalue weighted by Gasteiger charge is -2.10. The summed E-state index contributed by atoms with van der Waals surface area (Å²) in [6, 6.07) is 6.72. The Morgan fingerprint density at radius 1 is 1.47 bits per heavy atom. The summed E-state index contributed by atoms with van der Waals surface area (Å²) in [5.74, 6) is -0.125. The highest BCUT2D eigenvalue weighted by atomic mass is 35.5. The maximum absolute atomic E-state index is 11.5. The molecule has 0 saturated carbocycles. The fourth-order valence-electron chi connectivity index (χ4n) is 0.967. The third-order valence-corrected chi connectivity index (χ3v) is 2.09. The first-order valence-corrected chi connectivity index (χ1v) is 4.77. The van der Waals surface area contributed by atoms with E-state index in [0.29, 0.717) is 17.1 Å². The predicted octanol–water partition coefficient (Wildman–Crippen LogP) is 1.84. The Bertz CT molecular complexity index is 314. The molecule has 0 radical (unpaired) electrons. The Balaban J connectivity index is 0.00000196. The summed E-state index contributed by atoms with van der Waals surface area (Å²) in [6.07, 6.45) is 0. The molecule has 5 heteroatoms. The van der Waals surface area contributed by atoms with Crippen molar-refractivity contribution in [2.24, 2.45) is 5.73 Å². The largest absolute Gasteiger partial charge is 0.348 e. The van der Waals surface area contributed by atoms with E-state index in [9.17, 15) is 4.79 Å². The summed E-state index contributed by atoms with van der Waals surface area (Å²) in [5, 5.41) is 3.38. The Kier molecular flexibility index (Phi) is 6.32. The third-order valence-electron chi connectivity index (χ3n) is 1.84.